The lowest BCUT2D eigenvalue weighted by Gasteiger charge is -2.33. The van der Waals surface area contributed by atoms with Crippen molar-refractivity contribution in [3.8, 4) is 16.9 Å². The van der Waals surface area contributed by atoms with Crippen LogP contribution in [0.2, 0.25) is 0 Å². The largest absolute Gasteiger partial charge is 0.494 e. The second kappa shape index (κ2) is 6.52. The van der Waals surface area contributed by atoms with Gasteiger partial charge in [-0.15, -0.1) is 0 Å². The van der Waals surface area contributed by atoms with Crippen molar-refractivity contribution in [2.45, 2.75) is 26.3 Å². The van der Waals surface area contributed by atoms with Crippen LogP contribution >= 0.6 is 20.7 Å². The molecule has 0 bridgehead atoms. The van der Waals surface area contributed by atoms with Crippen LogP contribution in [0.4, 0.5) is 15.8 Å². The van der Waals surface area contributed by atoms with Gasteiger partial charge < -0.3 is 10.1 Å². The number of halogens is 1. The van der Waals surface area contributed by atoms with Gasteiger partial charge in [-0.1, -0.05) is 26.7 Å². The van der Waals surface area contributed by atoms with Gasteiger partial charge in [0.2, 0.25) is 0 Å². The van der Waals surface area contributed by atoms with E-state index in [2.05, 4.69) is 31.3 Å². The van der Waals surface area contributed by atoms with Gasteiger partial charge in [0.15, 0.2) is 0 Å². The van der Waals surface area contributed by atoms with E-state index in [9.17, 15) is 4.39 Å². The van der Waals surface area contributed by atoms with Crippen LogP contribution in [0.5, 0.6) is 5.75 Å². The van der Waals surface area contributed by atoms with Gasteiger partial charge in [0.05, 0.1) is 22.7 Å². The van der Waals surface area contributed by atoms with E-state index in [1.54, 1.807) is 26.7 Å². The normalized spacial score (nSPS) is 15.2. The molecule has 0 atom stereocenters. The highest BCUT2D eigenvalue weighted by Gasteiger charge is 2.33. The maximum atomic E-state index is 13.6. The highest BCUT2D eigenvalue weighted by atomic mass is 32.9. The van der Waals surface area contributed by atoms with Gasteiger partial charge in [0.25, 0.3) is 0 Å². The topological polar surface area (TPSA) is 33.6 Å². The Balaban J connectivity index is 1.95. The maximum absolute atomic E-state index is 13.6. The number of rotatable bonds is 3. The summed E-state index contributed by atoms with van der Waals surface area (Å²) in [6.45, 7) is 6.93. The zero-order chi connectivity index (χ0) is 18.3. The molecular weight excluding hydrogens is 367 g/mol. The molecule has 1 N–H and O–H groups in total. The Kier molecular flexibility index (Phi) is 4.32. The summed E-state index contributed by atoms with van der Waals surface area (Å²) >= 11 is 0. The van der Waals surface area contributed by atoms with Gasteiger partial charge in [0.1, 0.15) is 16.2 Å². The number of anilines is 1. The molecule has 1 aliphatic rings. The molecule has 0 spiro atoms. The molecule has 26 heavy (non-hydrogen) atoms. The van der Waals surface area contributed by atoms with Crippen molar-refractivity contribution in [2.24, 2.45) is 4.99 Å². The van der Waals surface area contributed by atoms with Crippen LogP contribution in [0, 0.1) is 5.82 Å². The predicted octanol–water partition coefficient (Wildman–Crippen LogP) is 5.91. The SMILES string of the molecule is CCOc1ccc2c(c1)-c1c(ssc1=Nc1cccc(F)c1)C(C)(C)N2. The van der Waals surface area contributed by atoms with Crippen molar-refractivity contribution >= 4 is 32.1 Å². The highest BCUT2D eigenvalue weighted by molar-refractivity contribution is 7.68. The van der Waals surface area contributed by atoms with Crippen molar-refractivity contribution in [3.63, 3.8) is 0 Å². The molecule has 0 amide bonds. The summed E-state index contributed by atoms with van der Waals surface area (Å²) in [5.41, 5.74) is 3.70. The molecular formula is C20H19FN2OS2. The van der Waals surface area contributed by atoms with Crippen LogP contribution in [-0.2, 0) is 5.54 Å². The molecule has 0 unspecified atom stereocenters. The van der Waals surface area contributed by atoms with Crippen molar-refractivity contribution in [3.05, 3.63) is 57.8 Å². The van der Waals surface area contributed by atoms with Crippen LogP contribution in [0.25, 0.3) is 11.1 Å². The standard InChI is InChI=1S/C20H19FN2OS2/c1-4-24-14-8-9-16-15(11-14)17-18(20(2,3)23-16)25-26-19(17)22-13-7-5-6-12(21)10-13/h5-11,23H,4H2,1-3H3. The maximum Gasteiger partial charge on any atom is 0.135 e. The Hall–Kier alpha value is -2.18. The summed E-state index contributed by atoms with van der Waals surface area (Å²) < 4.78 is 20.1. The van der Waals surface area contributed by atoms with Gasteiger partial charge in [-0.2, -0.15) is 0 Å². The third kappa shape index (κ3) is 3.04. The van der Waals surface area contributed by atoms with E-state index < -0.39 is 0 Å². The molecule has 0 saturated carbocycles. The molecule has 0 fully saturated rings. The predicted molar refractivity (Wildman–Crippen MR) is 107 cm³/mol. The van der Waals surface area contributed by atoms with E-state index in [1.165, 1.54) is 17.0 Å². The van der Waals surface area contributed by atoms with E-state index in [1.807, 2.05) is 19.1 Å². The van der Waals surface area contributed by atoms with E-state index in [0.29, 0.717) is 12.3 Å². The molecule has 4 rings (SSSR count). The zero-order valence-electron chi connectivity index (χ0n) is 14.8. The second-order valence-electron chi connectivity index (χ2n) is 6.66. The first-order valence-corrected chi connectivity index (χ1v) is 10.6. The monoisotopic (exact) mass is 386 g/mol. The lowest BCUT2D eigenvalue weighted by molar-refractivity contribution is 0.340. The van der Waals surface area contributed by atoms with Crippen LogP contribution in [0.15, 0.2) is 47.5 Å². The Morgan fingerprint density at radius 1 is 1.15 bits per heavy atom. The van der Waals surface area contributed by atoms with Crippen molar-refractivity contribution in [1.82, 2.24) is 0 Å². The molecule has 3 aromatic rings. The van der Waals surface area contributed by atoms with E-state index in [0.717, 1.165) is 27.2 Å². The van der Waals surface area contributed by atoms with Gasteiger partial charge in [-0.3, -0.25) is 0 Å². The molecule has 0 saturated heterocycles. The van der Waals surface area contributed by atoms with Crippen LogP contribution in [0.3, 0.4) is 0 Å². The second-order valence-corrected chi connectivity index (χ2v) is 8.79. The van der Waals surface area contributed by atoms with Crippen molar-refractivity contribution in [2.75, 3.05) is 11.9 Å². The summed E-state index contributed by atoms with van der Waals surface area (Å²) in [6, 6.07) is 12.5. The minimum atomic E-state index is -0.277. The minimum Gasteiger partial charge on any atom is -0.494 e. The third-order valence-corrected chi connectivity index (χ3v) is 6.91. The summed E-state index contributed by atoms with van der Waals surface area (Å²) in [6.07, 6.45) is 0. The first-order valence-electron chi connectivity index (χ1n) is 8.47. The number of benzene rings is 2. The fraction of sp³-hybridized carbons (Fsp3) is 0.250. The number of fused-ring (bicyclic) bond motifs is 3. The number of nitrogens with one attached hydrogen (secondary N) is 1. The van der Waals surface area contributed by atoms with Crippen molar-refractivity contribution < 1.29 is 9.13 Å². The lowest BCUT2D eigenvalue weighted by Crippen LogP contribution is -2.31. The average Bonchev–Trinajstić information content (AvgIpc) is 3.01. The smallest absolute Gasteiger partial charge is 0.135 e. The molecule has 2 aromatic carbocycles. The molecule has 1 aliphatic heterocycles. The fourth-order valence-corrected chi connectivity index (χ4v) is 6.08. The Morgan fingerprint density at radius 3 is 2.77 bits per heavy atom. The molecule has 6 heteroatoms. The Labute approximate surface area is 159 Å². The lowest BCUT2D eigenvalue weighted by atomic mass is 9.90. The van der Waals surface area contributed by atoms with Gasteiger partial charge >= 0.3 is 0 Å². The number of hydrogen-bond acceptors (Lipinski definition) is 5. The number of nitrogens with zero attached hydrogens (tertiary/aromatic N) is 1. The fourth-order valence-electron chi connectivity index (χ4n) is 3.14. The Morgan fingerprint density at radius 2 is 2.00 bits per heavy atom. The highest BCUT2D eigenvalue weighted by Crippen LogP contribution is 2.46. The summed E-state index contributed by atoms with van der Waals surface area (Å²) in [5, 5.41) is 3.61. The van der Waals surface area contributed by atoms with E-state index >= 15 is 0 Å². The Bertz CT molecular complexity index is 1040. The molecule has 3 nitrogen and oxygen atoms in total. The summed E-state index contributed by atoms with van der Waals surface area (Å²) in [7, 11) is 3.34. The van der Waals surface area contributed by atoms with Crippen LogP contribution < -0.4 is 14.7 Å². The van der Waals surface area contributed by atoms with Crippen LogP contribution in [-0.4, -0.2) is 6.61 Å². The third-order valence-electron chi connectivity index (χ3n) is 4.27. The number of ether oxygens (including phenoxy) is 1. The van der Waals surface area contributed by atoms with Crippen molar-refractivity contribution in [1.29, 1.82) is 0 Å². The molecule has 134 valence electrons. The summed E-state index contributed by atoms with van der Waals surface area (Å²) in [4.78, 5) is 5.97. The molecule has 1 aromatic heterocycles. The number of hydrogen-bond donors (Lipinski definition) is 1. The molecule has 0 aliphatic carbocycles. The zero-order valence-corrected chi connectivity index (χ0v) is 16.4. The molecule has 2 heterocycles. The van der Waals surface area contributed by atoms with Crippen LogP contribution in [0.1, 0.15) is 25.6 Å². The van der Waals surface area contributed by atoms with E-state index in [4.69, 9.17) is 9.73 Å². The van der Waals surface area contributed by atoms with E-state index in [-0.39, 0.29) is 11.4 Å². The first-order chi connectivity index (χ1) is 12.5. The van der Waals surface area contributed by atoms with Gasteiger partial charge in [-0.05, 0) is 57.2 Å². The van der Waals surface area contributed by atoms with Gasteiger partial charge in [0, 0.05) is 16.8 Å². The average molecular weight is 387 g/mol. The molecule has 0 radical (unpaired) electrons. The van der Waals surface area contributed by atoms with Gasteiger partial charge in [-0.25, -0.2) is 9.38 Å². The minimum absolute atomic E-state index is 0.188. The quantitative estimate of drug-likeness (QED) is 0.568. The summed E-state index contributed by atoms with van der Waals surface area (Å²) in [5.74, 6) is 0.563. The first kappa shape index (κ1) is 17.2.